The molecule has 0 aliphatic rings. The van der Waals surface area contributed by atoms with Crippen LogP contribution in [0.4, 0.5) is 0 Å². The number of hydrogen-bond donors (Lipinski definition) is 3. The quantitative estimate of drug-likeness (QED) is 0.0353. The molecule has 0 aromatic heterocycles. The van der Waals surface area contributed by atoms with E-state index in [4.69, 9.17) is 10.5 Å². The molecule has 4 N–H and O–H groups in total. The van der Waals surface area contributed by atoms with Crippen LogP contribution in [0.1, 0.15) is 194 Å². The number of nitrogens with two attached hydrogens (primary N) is 1. The molecule has 0 aromatic rings. The number of nitrogens with one attached hydrogen (secondary N) is 1. The van der Waals surface area contributed by atoms with Gasteiger partial charge in [-0.3, -0.25) is 9.59 Å². The zero-order chi connectivity index (χ0) is 34.6. The summed E-state index contributed by atoms with van der Waals surface area (Å²) in [5.41, 5.74) is 5.47. The van der Waals surface area contributed by atoms with Crippen LogP contribution in [0.2, 0.25) is 0 Å². The monoisotopic (exact) mass is 663 g/mol. The van der Waals surface area contributed by atoms with Crippen LogP contribution in [0.3, 0.4) is 0 Å². The highest BCUT2D eigenvalue weighted by atomic mass is 16.5. The highest BCUT2D eigenvalue weighted by molar-refractivity contribution is 5.83. The topological polar surface area (TPSA) is 119 Å². The molecule has 47 heavy (non-hydrogen) atoms. The largest absolute Gasteiger partial charge is 0.480 e. The number of esters is 1. The molecule has 2 atom stereocenters. The van der Waals surface area contributed by atoms with E-state index in [1.807, 2.05) is 0 Å². The average Bonchev–Trinajstić information content (AvgIpc) is 3.05. The molecule has 0 radical (unpaired) electrons. The lowest BCUT2D eigenvalue weighted by molar-refractivity contribution is -0.150. The number of ether oxygens (including phenoxy) is 1. The van der Waals surface area contributed by atoms with Crippen LogP contribution in [0.15, 0.2) is 24.3 Å². The normalized spacial score (nSPS) is 12.9. The van der Waals surface area contributed by atoms with Crippen LogP contribution in [0.25, 0.3) is 0 Å². The molecule has 0 fully saturated rings. The standard InChI is InChI=1S/C40H74N2O5/c1-3-5-7-9-11-12-13-14-15-16-17-19-24-28-34-39(44)47-36(30-25-21-18-10-8-6-4-2)31-26-22-20-23-27-33-38(43)42-37(40(45)46)32-29-35-41/h9,11,13-14,36-37H,3-8,10,12,15-35,41H2,1-2H3,(H,42,43)(H,45,46)/b11-9-,14-13-. The number of rotatable bonds is 35. The fraction of sp³-hybridized carbons (Fsp3) is 0.825. The molecule has 1 amide bonds. The Labute approximate surface area is 289 Å². The summed E-state index contributed by atoms with van der Waals surface area (Å²) < 4.78 is 5.99. The third-order valence-electron chi connectivity index (χ3n) is 8.77. The van der Waals surface area contributed by atoms with Crippen LogP contribution in [-0.2, 0) is 19.1 Å². The van der Waals surface area contributed by atoms with Crippen LogP contribution >= 0.6 is 0 Å². The first-order chi connectivity index (χ1) is 22.9. The summed E-state index contributed by atoms with van der Waals surface area (Å²) in [6, 6.07) is -0.854. The van der Waals surface area contributed by atoms with Crippen molar-refractivity contribution in [2.24, 2.45) is 5.73 Å². The predicted octanol–water partition coefficient (Wildman–Crippen LogP) is 10.5. The summed E-state index contributed by atoms with van der Waals surface area (Å²) in [6.45, 7) is 4.88. The summed E-state index contributed by atoms with van der Waals surface area (Å²) in [4.78, 5) is 36.2. The van der Waals surface area contributed by atoms with Gasteiger partial charge < -0.3 is 20.9 Å². The Morgan fingerprint density at radius 3 is 1.70 bits per heavy atom. The summed E-state index contributed by atoms with van der Waals surface area (Å²) in [7, 11) is 0. The van der Waals surface area contributed by atoms with Gasteiger partial charge >= 0.3 is 11.9 Å². The molecule has 7 nitrogen and oxygen atoms in total. The number of hydrogen-bond acceptors (Lipinski definition) is 5. The van der Waals surface area contributed by atoms with Gasteiger partial charge in [0.05, 0.1) is 0 Å². The van der Waals surface area contributed by atoms with E-state index in [1.54, 1.807) is 0 Å². The van der Waals surface area contributed by atoms with Crippen molar-refractivity contribution in [1.29, 1.82) is 0 Å². The van der Waals surface area contributed by atoms with Gasteiger partial charge in [-0.05, 0) is 83.6 Å². The molecule has 0 bridgehead atoms. The number of amides is 1. The van der Waals surface area contributed by atoms with E-state index in [9.17, 15) is 19.5 Å². The highest BCUT2D eigenvalue weighted by Gasteiger charge is 2.19. The van der Waals surface area contributed by atoms with Crippen LogP contribution in [0.5, 0.6) is 0 Å². The molecule has 274 valence electrons. The van der Waals surface area contributed by atoms with E-state index in [0.29, 0.717) is 32.2 Å². The molecule has 0 saturated carbocycles. The second-order valence-electron chi connectivity index (χ2n) is 13.3. The Bertz CT molecular complexity index is 797. The van der Waals surface area contributed by atoms with Gasteiger partial charge in [-0.1, -0.05) is 128 Å². The van der Waals surface area contributed by atoms with Crippen molar-refractivity contribution < 1.29 is 24.2 Å². The molecule has 0 aliphatic heterocycles. The maximum atomic E-state index is 12.7. The maximum absolute atomic E-state index is 12.7. The molecule has 0 heterocycles. The first kappa shape index (κ1) is 44.9. The molecule has 0 aliphatic carbocycles. The number of aliphatic carboxylic acids is 1. The Morgan fingerprint density at radius 2 is 1.13 bits per heavy atom. The minimum absolute atomic E-state index is 0.0127. The maximum Gasteiger partial charge on any atom is 0.326 e. The van der Waals surface area contributed by atoms with Crippen molar-refractivity contribution in [2.45, 2.75) is 206 Å². The van der Waals surface area contributed by atoms with E-state index >= 15 is 0 Å². The van der Waals surface area contributed by atoms with Crippen LogP contribution < -0.4 is 11.1 Å². The summed E-state index contributed by atoms with van der Waals surface area (Å²) >= 11 is 0. The van der Waals surface area contributed by atoms with Crippen molar-refractivity contribution >= 4 is 17.8 Å². The first-order valence-electron chi connectivity index (χ1n) is 19.7. The minimum atomic E-state index is -1.01. The van der Waals surface area contributed by atoms with Gasteiger partial charge in [-0.2, -0.15) is 0 Å². The minimum Gasteiger partial charge on any atom is -0.480 e. The zero-order valence-electron chi connectivity index (χ0n) is 30.6. The second-order valence-corrected chi connectivity index (χ2v) is 13.3. The summed E-state index contributed by atoms with van der Waals surface area (Å²) in [5.74, 6) is -1.25. The van der Waals surface area contributed by atoms with Crippen molar-refractivity contribution in [1.82, 2.24) is 5.32 Å². The highest BCUT2D eigenvalue weighted by Crippen LogP contribution is 2.18. The fourth-order valence-electron chi connectivity index (χ4n) is 5.76. The smallest absolute Gasteiger partial charge is 0.326 e. The van der Waals surface area contributed by atoms with E-state index < -0.39 is 12.0 Å². The third-order valence-corrected chi connectivity index (χ3v) is 8.77. The third kappa shape index (κ3) is 32.2. The lowest BCUT2D eigenvalue weighted by Crippen LogP contribution is -2.40. The molecular formula is C40H74N2O5. The zero-order valence-corrected chi connectivity index (χ0v) is 30.6. The van der Waals surface area contributed by atoms with E-state index in [2.05, 4.69) is 43.5 Å². The Hall–Kier alpha value is -2.15. The average molecular weight is 663 g/mol. The lowest BCUT2D eigenvalue weighted by atomic mass is 10.0. The first-order valence-corrected chi connectivity index (χ1v) is 19.7. The van der Waals surface area contributed by atoms with E-state index in [1.165, 1.54) is 77.0 Å². The SMILES string of the molecule is CCCC/C=C\C/C=C\CCCCCCCC(=O)OC(CCCCCCCCC)CCCCCCCC(=O)NC(CCCN)C(=O)O. The van der Waals surface area contributed by atoms with Gasteiger partial charge in [0.25, 0.3) is 0 Å². The number of allylic oxidation sites excluding steroid dienone is 4. The Morgan fingerprint density at radius 1 is 0.617 bits per heavy atom. The molecular weight excluding hydrogens is 588 g/mol. The predicted molar refractivity (Wildman–Crippen MR) is 197 cm³/mol. The van der Waals surface area contributed by atoms with Gasteiger partial charge in [-0.15, -0.1) is 0 Å². The van der Waals surface area contributed by atoms with Crippen molar-refractivity contribution in [3.05, 3.63) is 24.3 Å². The molecule has 0 rings (SSSR count). The fourth-order valence-corrected chi connectivity index (χ4v) is 5.76. The van der Waals surface area contributed by atoms with Gasteiger partial charge in [0, 0.05) is 12.8 Å². The molecule has 2 unspecified atom stereocenters. The Balaban J connectivity index is 4.23. The number of unbranched alkanes of at least 4 members (excludes halogenated alkanes) is 17. The van der Waals surface area contributed by atoms with Gasteiger partial charge in [0.1, 0.15) is 12.1 Å². The van der Waals surface area contributed by atoms with E-state index in [-0.39, 0.29) is 18.0 Å². The van der Waals surface area contributed by atoms with Crippen LogP contribution in [-0.4, -0.2) is 41.6 Å². The van der Waals surface area contributed by atoms with Crippen LogP contribution in [0, 0.1) is 0 Å². The van der Waals surface area contributed by atoms with E-state index in [0.717, 1.165) is 77.0 Å². The van der Waals surface area contributed by atoms with Gasteiger partial charge in [0.15, 0.2) is 0 Å². The summed E-state index contributed by atoms with van der Waals surface area (Å²) in [5, 5.41) is 11.9. The Kier molecular flexibility index (Phi) is 33.6. The van der Waals surface area contributed by atoms with Gasteiger partial charge in [-0.25, -0.2) is 4.79 Å². The summed E-state index contributed by atoms with van der Waals surface area (Å²) in [6.07, 6.45) is 37.9. The molecule has 0 spiro atoms. The molecule has 0 aromatic carbocycles. The number of carboxylic acids is 1. The van der Waals surface area contributed by atoms with Crippen molar-refractivity contribution in [3.8, 4) is 0 Å². The number of carbonyl (C=O) groups excluding carboxylic acids is 2. The molecule has 0 saturated heterocycles. The lowest BCUT2D eigenvalue weighted by Gasteiger charge is -2.18. The second kappa shape index (κ2) is 35.2. The number of carbonyl (C=O) groups is 3. The van der Waals surface area contributed by atoms with Crippen molar-refractivity contribution in [2.75, 3.05) is 6.54 Å². The van der Waals surface area contributed by atoms with Gasteiger partial charge in [0.2, 0.25) is 5.91 Å². The molecule has 7 heteroatoms. The number of carboxylic acid groups (broad SMARTS) is 1. The van der Waals surface area contributed by atoms with Crippen molar-refractivity contribution in [3.63, 3.8) is 0 Å².